The summed E-state index contributed by atoms with van der Waals surface area (Å²) in [6.45, 7) is 1.96. The zero-order valence-electron chi connectivity index (χ0n) is 24.4. The summed E-state index contributed by atoms with van der Waals surface area (Å²) in [5.41, 5.74) is 2.78. The highest BCUT2D eigenvalue weighted by molar-refractivity contribution is 6.02. The van der Waals surface area contributed by atoms with Gasteiger partial charge in [0.2, 0.25) is 0 Å². The van der Waals surface area contributed by atoms with E-state index in [1.165, 1.54) is 6.07 Å². The van der Waals surface area contributed by atoms with E-state index in [0.29, 0.717) is 59.2 Å². The molecule has 0 N–H and O–H groups in total. The van der Waals surface area contributed by atoms with Crippen molar-refractivity contribution in [2.75, 3.05) is 45.4 Å². The van der Waals surface area contributed by atoms with Crippen molar-refractivity contribution in [3.63, 3.8) is 0 Å². The van der Waals surface area contributed by atoms with Gasteiger partial charge in [-0.05, 0) is 73.7 Å². The lowest BCUT2D eigenvalue weighted by atomic mass is 9.87. The van der Waals surface area contributed by atoms with Gasteiger partial charge in [-0.1, -0.05) is 6.07 Å². The molecule has 0 amide bonds. The highest BCUT2D eigenvalue weighted by Crippen LogP contribution is 2.44. The second-order valence-electron chi connectivity index (χ2n) is 11.2. The molecule has 0 aromatic heterocycles. The van der Waals surface area contributed by atoms with E-state index in [1.54, 1.807) is 32.4 Å². The van der Waals surface area contributed by atoms with Gasteiger partial charge < -0.3 is 28.6 Å². The summed E-state index contributed by atoms with van der Waals surface area (Å²) in [6, 6.07) is 13.8. The molecule has 3 aromatic rings. The molecule has 43 heavy (non-hydrogen) atoms. The minimum Gasteiger partial charge on any atom is -0.488 e. The van der Waals surface area contributed by atoms with Crippen LogP contribution in [0.2, 0.25) is 0 Å². The van der Waals surface area contributed by atoms with E-state index >= 15 is 8.78 Å². The van der Waals surface area contributed by atoms with Crippen LogP contribution >= 0.6 is 0 Å². The smallest absolute Gasteiger partial charge is 0.199 e. The van der Waals surface area contributed by atoms with Crippen molar-refractivity contribution >= 4 is 16.8 Å². The lowest BCUT2D eigenvalue weighted by Crippen LogP contribution is -2.39. The van der Waals surface area contributed by atoms with Crippen LogP contribution in [0.15, 0.2) is 54.6 Å². The van der Waals surface area contributed by atoms with E-state index in [4.69, 9.17) is 23.7 Å². The molecular formula is C34H36F3NO5. The SMILES string of the molecule is COC(OC)C1CCN(c2ccc(C3=C(c4cc(F)ccc4F)COc4cc(OC5CCCCO5)ccc43)cc2F)CC1. The van der Waals surface area contributed by atoms with Crippen LogP contribution in [-0.2, 0) is 14.2 Å². The lowest BCUT2D eigenvalue weighted by Gasteiger charge is -2.36. The van der Waals surface area contributed by atoms with E-state index in [9.17, 15) is 4.39 Å². The number of fused-ring (bicyclic) bond motifs is 1. The molecule has 0 saturated carbocycles. The Labute approximate surface area is 250 Å². The number of nitrogens with zero attached hydrogens (tertiary/aromatic N) is 1. The molecule has 228 valence electrons. The molecular weight excluding hydrogens is 559 g/mol. The largest absolute Gasteiger partial charge is 0.488 e. The van der Waals surface area contributed by atoms with Gasteiger partial charge in [0.05, 0.1) is 12.3 Å². The van der Waals surface area contributed by atoms with E-state index in [2.05, 4.69) is 0 Å². The molecule has 1 atom stereocenters. The number of ether oxygens (including phenoxy) is 5. The van der Waals surface area contributed by atoms with Crippen molar-refractivity contribution in [2.24, 2.45) is 5.92 Å². The number of anilines is 1. The van der Waals surface area contributed by atoms with Gasteiger partial charge in [0, 0.05) is 68.0 Å². The number of methoxy groups -OCH3 is 2. The molecule has 0 spiro atoms. The molecule has 0 bridgehead atoms. The first-order valence-corrected chi connectivity index (χ1v) is 14.8. The molecule has 1 unspecified atom stereocenters. The van der Waals surface area contributed by atoms with Crippen molar-refractivity contribution in [1.29, 1.82) is 0 Å². The number of halogens is 3. The topological polar surface area (TPSA) is 49.4 Å². The van der Waals surface area contributed by atoms with Crippen LogP contribution in [0.3, 0.4) is 0 Å². The van der Waals surface area contributed by atoms with Gasteiger partial charge in [0.25, 0.3) is 0 Å². The van der Waals surface area contributed by atoms with E-state index < -0.39 is 11.6 Å². The molecule has 2 saturated heterocycles. The van der Waals surface area contributed by atoms with Crippen molar-refractivity contribution in [1.82, 2.24) is 0 Å². The number of benzene rings is 3. The highest BCUT2D eigenvalue weighted by Gasteiger charge is 2.30. The van der Waals surface area contributed by atoms with Gasteiger partial charge in [-0.25, -0.2) is 13.2 Å². The van der Waals surface area contributed by atoms with Gasteiger partial charge in [0.15, 0.2) is 12.6 Å². The Morgan fingerprint density at radius 2 is 1.65 bits per heavy atom. The Kier molecular flexibility index (Phi) is 8.93. The average Bonchev–Trinajstić information content (AvgIpc) is 3.03. The van der Waals surface area contributed by atoms with Crippen LogP contribution in [0.1, 0.15) is 48.8 Å². The second-order valence-corrected chi connectivity index (χ2v) is 11.2. The molecule has 6 nitrogen and oxygen atoms in total. The summed E-state index contributed by atoms with van der Waals surface area (Å²) in [7, 11) is 3.26. The highest BCUT2D eigenvalue weighted by atomic mass is 19.1. The fourth-order valence-corrected chi connectivity index (χ4v) is 6.33. The number of hydrogen-bond donors (Lipinski definition) is 0. The Balaban J connectivity index is 1.35. The number of hydrogen-bond acceptors (Lipinski definition) is 6. The molecule has 0 radical (unpaired) electrons. The van der Waals surface area contributed by atoms with Crippen molar-refractivity contribution in [3.05, 3.63) is 88.7 Å². The van der Waals surface area contributed by atoms with Gasteiger partial charge in [-0.15, -0.1) is 0 Å². The molecule has 6 rings (SSSR count). The Morgan fingerprint density at radius 3 is 2.37 bits per heavy atom. The van der Waals surface area contributed by atoms with Crippen LogP contribution in [0.5, 0.6) is 11.5 Å². The van der Waals surface area contributed by atoms with Crippen LogP contribution in [0.4, 0.5) is 18.9 Å². The fourth-order valence-electron chi connectivity index (χ4n) is 6.33. The lowest BCUT2D eigenvalue weighted by molar-refractivity contribution is -0.141. The zero-order valence-corrected chi connectivity index (χ0v) is 24.4. The van der Waals surface area contributed by atoms with E-state index in [-0.39, 0.29) is 36.5 Å². The predicted molar refractivity (Wildman–Crippen MR) is 158 cm³/mol. The van der Waals surface area contributed by atoms with E-state index in [0.717, 1.165) is 50.3 Å². The molecule has 2 fully saturated rings. The zero-order chi connectivity index (χ0) is 29.9. The van der Waals surface area contributed by atoms with Gasteiger partial charge in [-0.3, -0.25) is 0 Å². The fraction of sp³-hybridized carbons (Fsp3) is 0.412. The van der Waals surface area contributed by atoms with Crippen molar-refractivity contribution in [2.45, 2.75) is 44.7 Å². The van der Waals surface area contributed by atoms with Gasteiger partial charge >= 0.3 is 0 Å². The number of piperidine rings is 1. The minimum absolute atomic E-state index is 0.0247. The third-order valence-corrected chi connectivity index (χ3v) is 8.52. The molecule has 3 aromatic carbocycles. The maximum atomic E-state index is 15.8. The third kappa shape index (κ3) is 6.25. The van der Waals surface area contributed by atoms with Gasteiger partial charge in [-0.2, -0.15) is 0 Å². The molecule has 3 heterocycles. The Morgan fingerprint density at radius 1 is 0.837 bits per heavy atom. The first-order chi connectivity index (χ1) is 20.9. The first-order valence-electron chi connectivity index (χ1n) is 14.8. The summed E-state index contributed by atoms with van der Waals surface area (Å²) < 4.78 is 73.9. The molecule has 3 aliphatic rings. The number of rotatable bonds is 8. The first kappa shape index (κ1) is 29.5. The van der Waals surface area contributed by atoms with E-state index in [1.807, 2.05) is 17.0 Å². The summed E-state index contributed by atoms with van der Waals surface area (Å²) in [5, 5.41) is 0. The maximum absolute atomic E-state index is 15.8. The summed E-state index contributed by atoms with van der Waals surface area (Å²) in [4.78, 5) is 2.02. The predicted octanol–water partition coefficient (Wildman–Crippen LogP) is 7.20. The average molecular weight is 596 g/mol. The van der Waals surface area contributed by atoms with Gasteiger partial charge in [0.1, 0.15) is 35.6 Å². The Bertz CT molecular complexity index is 1480. The second kappa shape index (κ2) is 13.0. The van der Waals surface area contributed by atoms with Crippen LogP contribution in [-0.4, -0.2) is 53.1 Å². The minimum atomic E-state index is -0.583. The Hall–Kier alpha value is -3.53. The molecule has 9 heteroatoms. The quantitative estimate of drug-likeness (QED) is 0.257. The summed E-state index contributed by atoms with van der Waals surface area (Å²) >= 11 is 0. The van der Waals surface area contributed by atoms with Crippen LogP contribution in [0, 0.1) is 23.4 Å². The van der Waals surface area contributed by atoms with Crippen molar-refractivity contribution in [3.8, 4) is 11.5 Å². The normalized spacial score (nSPS) is 19.4. The van der Waals surface area contributed by atoms with Crippen LogP contribution < -0.4 is 14.4 Å². The summed E-state index contributed by atoms with van der Waals surface area (Å²) in [6.07, 6.45) is 3.85. The standard InChI is InChI=1S/C34H36F3NO5/c1-39-34(40-2)21-12-14-38(15-13-21)30-11-6-22(17-29(30)37)33-25-9-8-24(43-32-5-3-4-16-41-32)19-31(25)42-20-27(33)26-18-23(35)7-10-28(26)36/h6-11,17-19,21,32,34H,3-5,12-16,20H2,1-2H3. The molecule has 0 aliphatic carbocycles. The monoisotopic (exact) mass is 595 g/mol. The summed E-state index contributed by atoms with van der Waals surface area (Å²) in [5.74, 6) is -0.208. The molecule has 3 aliphatic heterocycles. The van der Waals surface area contributed by atoms with Crippen LogP contribution in [0.25, 0.3) is 11.1 Å². The third-order valence-electron chi connectivity index (χ3n) is 8.52. The van der Waals surface area contributed by atoms with Crippen molar-refractivity contribution < 1.29 is 36.9 Å². The maximum Gasteiger partial charge on any atom is 0.199 e.